The zero-order valence-corrected chi connectivity index (χ0v) is 9.04. The van der Waals surface area contributed by atoms with Gasteiger partial charge in [-0.2, -0.15) is 0 Å². The molecular weight excluding hydrogens is 218 g/mol. The average Bonchev–Trinajstić information content (AvgIpc) is 2.26. The van der Waals surface area contributed by atoms with Crippen LogP contribution in [0.1, 0.15) is 5.56 Å². The maximum Gasteiger partial charge on any atom is 0.360 e. The Labute approximate surface area is 92.4 Å². The quantitative estimate of drug-likeness (QED) is 0.448. The van der Waals surface area contributed by atoms with E-state index in [9.17, 15) is 4.79 Å². The van der Waals surface area contributed by atoms with Crippen LogP contribution in [-0.4, -0.2) is 25.9 Å². The molecule has 79 valence electrons. The molecule has 15 heavy (non-hydrogen) atoms. The molecule has 0 aromatic heterocycles. The molecule has 0 unspecified atom stereocenters. The van der Waals surface area contributed by atoms with Crippen LogP contribution in [0.2, 0.25) is 5.02 Å². The van der Waals surface area contributed by atoms with Gasteiger partial charge in [0.25, 0.3) is 0 Å². The Bertz CT molecular complexity index is 390. The molecule has 0 saturated carbocycles. The van der Waals surface area contributed by atoms with Crippen LogP contribution >= 0.6 is 11.6 Å². The highest BCUT2D eigenvalue weighted by Crippen LogP contribution is 2.16. The molecule has 0 spiro atoms. The van der Waals surface area contributed by atoms with Crippen LogP contribution in [0.3, 0.4) is 0 Å². The first-order valence-electron chi connectivity index (χ1n) is 4.06. The number of nitrogens with zero attached hydrogens (tertiary/aromatic N) is 1. The van der Waals surface area contributed by atoms with Crippen molar-refractivity contribution in [3.8, 4) is 0 Å². The fourth-order valence-corrected chi connectivity index (χ4v) is 1.18. The number of esters is 1. The Kier molecular flexibility index (Phi) is 4.12. The van der Waals surface area contributed by atoms with Crippen molar-refractivity contribution in [3.63, 3.8) is 0 Å². The number of oxime groups is 1. The van der Waals surface area contributed by atoms with E-state index in [0.29, 0.717) is 10.6 Å². The molecule has 1 aromatic carbocycles. The largest absolute Gasteiger partial charge is 0.464 e. The minimum atomic E-state index is -0.613. The molecule has 1 rings (SSSR count). The number of methoxy groups -OCH3 is 1. The average molecular weight is 227 g/mol. The van der Waals surface area contributed by atoms with Gasteiger partial charge in [0.05, 0.1) is 12.1 Å². The predicted molar refractivity (Wildman–Crippen MR) is 55.9 cm³/mol. The van der Waals surface area contributed by atoms with Crippen LogP contribution in [0.15, 0.2) is 23.4 Å². The fourth-order valence-electron chi connectivity index (χ4n) is 0.977. The Morgan fingerprint density at radius 3 is 2.80 bits per heavy atom. The fraction of sp³-hybridized carbons (Fsp3) is 0.200. The first-order valence-corrected chi connectivity index (χ1v) is 4.44. The lowest BCUT2D eigenvalue weighted by Crippen LogP contribution is -2.17. The molecular formula is C10H9ClNO3. The van der Waals surface area contributed by atoms with Crippen molar-refractivity contribution in [3.05, 3.63) is 34.9 Å². The molecule has 0 amide bonds. The minimum absolute atomic E-state index is 0.0156. The molecule has 4 nitrogen and oxygen atoms in total. The second kappa shape index (κ2) is 5.36. The number of hydrogen-bond donors (Lipinski definition) is 0. The third-order valence-corrected chi connectivity index (χ3v) is 1.96. The molecule has 0 heterocycles. The molecule has 1 aromatic rings. The van der Waals surface area contributed by atoms with Crippen molar-refractivity contribution >= 4 is 23.3 Å². The molecule has 0 fully saturated rings. The van der Waals surface area contributed by atoms with E-state index in [4.69, 9.17) is 11.6 Å². The SMILES string of the molecule is CON=C(C(=O)OC)c1c[c]ccc1Cl. The summed E-state index contributed by atoms with van der Waals surface area (Å²) in [6, 6.07) is 7.56. The smallest absolute Gasteiger partial charge is 0.360 e. The lowest BCUT2D eigenvalue weighted by atomic mass is 10.1. The molecule has 0 saturated heterocycles. The second-order valence-corrected chi connectivity index (χ2v) is 2.93. The Morgan fingerprint density at radius 1 is 1.53 bits per heavy atom. The molecule has 0 atom stereocenters. The van der Waals surface area contributed by atoms with Crippen LogP contribution in [0.4, 0.5) is 0 Å². The van der Waals surface area contributed by atoms with Crippen LogP contribution in [-0.2, 0) is 14.4 Å². The van der Waals surface area contributed by atoms with E-state index in [0.717, 1.165) is 0 Å². The van der Waals surface area contributed by atoms with Crippen LogP contribution < -0.4 is 0 Å². The summed E-state index contributed by atoms with van der Waals surface area (Å²) in [5.41, 5.74) is 0.440. The summed E-state index contributed by atoms with van der Waals surface area (Å²) in [5.74, 6) is -0.613. The maximum absolute atomic E-state index is 11.3. The van der Waals surface area contributed by atoms with Crippen molar-refractivity contribution < 1.29 is 14.4 Å². The number of hydrogen-bond acceptors (Lipinski definition) is 4. The van der Waals surface area contributed by atoms with Gasteiger partial charge < -0.3 is 9.57 Å². The summed E-state index contributed by atoms with van der Waals surface area (Å²) < 4.78 is 4.55. The van der Waals surface area contributed by atoms with Gasteiger partial charge in [0.2, 0.25) is 0 Å². The summed E-state index contributed by atoms with van der Waals surface area (Å²) >= 11 is 5.89. The lowest BCUT2D eigenvalue weighted by Gasteiger charge is -2.04. The van der Waals surface area contributed by atoms with Gasteiger partial charge in [-0.15, -0.1) is 0 Å². The minimum Gasteiger partial charge on any atom is -0.464 e. The van der Waals surface area contributed by atoms with E-state index in [1.807, 2.05) is 0 Å². The zero-order chi connectivity index (χ0) is 11.3. The van der Waals surface area contributed by atoms with Crippen molar-refractivity contribution in [1.82, 2.24) is 0 Å². The van der Waals surface area contributed by atoms with Gasteiger partial charge in [-0.3, -0.25) is 0 Å². The van der Waals surface area contributed by atoms with E-state index < -0.39 is 5.97 Å². The van der Waals surface area contributed by atoms with Gasteiger partial charge in [0.15, 0.2) is 5.71 Å². The van der Waals surface area contributed by atoms with E-state index >= 15 is 0 Å². The van der Waals surface area contributed by atoms with E-state index in [1.54, 1.807) is 12.1 Å². The highest BCUT2D eigenvalue weighted by Gasteiger charge is 2.17. The van der Waals surface area contributed by atoms with Crippen LogP contribution in [0.5, 0.6) is 0 Å². The van der Waals surface area contributed by atoms with Gasteiger partial charge in [-0.05, 0) is 18.2 Å². The topological polar surface area (TPSA) is 47.9 Å². The lowest BCUT2D eigenvalue weighted by molar-refractivity contribution is -0.132. The van der Waals surface area contributed by atoms with E-state index in [-0.39, 0.29) is 5.71 Å². The van der Waals surface area contributed by atoms with Crippen molar-refractivity contribution in [1.29, 1.82) is 0 Å². The zero-order valence-electron chi connectivity index (χ0n) is 8.28. The number of halogens is 1. The number of carbonyl (C=O) groups excluding carboxylic acids is 1. The van der Waals surface area contributed by atoms with Gasteiger partial charge >= 0.3 is 5.97 Å². The van der Waals surface area contributed by atoms with Gasteiger partial charge in [-0.25, -0.2) is 4.79 Å². The summed E-state index contributed by atoms with van der Waals surface area (Å²) in [7, 11) is 2.59. The number of ether oxygens (including phenoxy) is 1. The van der Waals surface area contributed by atoms with Crippen molar-refractivity contribution in [2.45, 2.75) is 0 Å². The molecule has 0 aliphatic heterocycles. The third-order valence-electron chi connectivity index (χ3n) is 1.63. The molecule has 0 aliphatic carbocycles. The standard InChI is InChI=1S/C10H9ClNO3/c1-14-10(13)9(12-15-2)7-5-3-4-6-8(7)11/h4-6H,1-2H3. The molecule has 0 aliphatic rings. The Morgan fingerprint density at radius 2 is 2.27 bits per heavy atom. The number of carbonyl (C=O) groups is 1. The first kappa shape index (κ1) is 11.5. The Balaban J connectivity index is 3.17. The molecule has 0 N–H and O–H groups in total. The number of benzene rings is 1. The molecule has 5 heteroatoms. The highest BCUT2D eigenvalue weighted by atomic mass is 35.5. The van der Waals surface area contributed by atoms with Crippen molar-refractivity contribution in [2.75, 3.05) is 14.2 Å². The highest BCUT2D eigenvalue weighted by molar-refractivity contribution is 6.47. The maximum atomic E-state index is 11.3. The summed E-state index contributed by atoms with van der Waals surface area (Å²) in [4.78, 5) is 15.9. The molecule has 0 bridgehead atoms. The third kappa shape index (κ3) is 2.70. The van der Waals surface area contributed by atoms with Crippen molar-refractivity contribution in [2.24, 2.45) is 5.16 Å². The van der Waals surface area contributed by atoms with Gasteiger partial charge in [-0.1, -0.05) is 22.8 Å². The summed E-state index contributed by atoms with van der Waals surface area (Å²) in [6.45, 7) is 0. The molecule has 1 radical (unpaired) electrons. The number of rotatable bonds is 3. The van der Waals surface area contributed by atoms with E-state index in [1.165, 1.54) is 20.3 Å². The van der Waals surface area contributed by atoms with E-state index in [2.05, 4.69) is 20.8 Å². The van der Waals surface area contributed by atoms with Crippen LogP contribution in [0.25, 0.3) is 0 Å². The normalized spacial score (nSPS) is 11.0. The predicted octanol–water partition coefficient (Wildman–Crippen LogP) is 1.66. The summed E-state index contributed by atoms with van der Waals surface area (Å²) in [5, 5.41) is 3.95. The van der Waals surface area contributed by atoms with Gasteiger partial charge in [0.1, 0.15) is 7.11 Å². The Hall–Kier alpha value is -1.55. The monoisotopic (exact) mass is 226 g/mol. The second-order valence-electron chi connectivity index (χ2n) is 2.52. The summed E-state index contributed by atoms with van der Waals surface area (Å²) in [6.07, 6.45) is 0. The van der Waals surface area contributed by atoms with Crippen LogP contribution in [0, 0.1) is 6.07 Å². The van der Waals surface area contributed by atoms with Gasteiger partial charge in [0, 0.05) is 5.56 Å². The first-order chi connectivity index (χ1) is 7.20.